The third-order valence-corrected chi connectivity index (χ3v) is 19.7. The summed E-state index contributed by atoms with van der Waals surface area (Å²) in [4.78, 5) is 191. The minimum atomic E-state index is -1.68. The maximum absolute atomic E-state index is 15.6. The Balaban J connectivity index is 2.02. The van der Waals surface area contributed by atoms with Gasteiger partial charge in [0.1, 0.15) is 60.4 Å². The smallest absolute Gasteiger partial charge is 0.248 e. The van der Waals surface area contributed by atoms with Gasteiger partial charge in [0.2, 0.25) is 70.9 Å². The minimum absolute atomic E-state index is 0.0266. The van der Waals surface area contributed by atoms with Gasteiger partial charge < -0.3 is 75.4 Å². The van der Waals surface area contributed by atoms with E-state index in [4.69, 9.17) is 16.3 Å². The van der Waals surface area contributed by atoms with Crippen LogP contribution in [0.25, 0.3) is 0 Å². The van der Waals surface area contributed by atoms with Gasteiger partial charge in [-0.3, -0.25) is 57.5 Å². The second kappa shape index (κ2) is 42.4. The number of unbranched alkanes of at least 4 members (excludes halogenated alkanes) is 1. The van der Waals surface area contributed by atoms with Gasteiger partial charge in [-0.1, -0.05) is 123 Å². The molecule has 0 bridgehead atoms. The highest BCUT2D eigenvalue weighted by atomic mass is 35.5. The fraction of sp³-hybridized carbons (Fsp3) is 0.684. The van der Waals surface area contributed by atoms with E-state index in [1.165, 1.54) is 80.6 Å². The lowest BCUT2D eigenvalue weighted by Gasteiger charge is -2.39. The molecule has 0 aromatic heterocycles. The van der Waals surface area contributed by atoms with Gasteiger partial charge in [-0.25, -0.2) is 0 Å². The molecule has 27 nitrogen and oxygen atoms in total. The first-order chi connectivity index (χ1) is 48.8. The predicted molar refractivity (Wildman–Crippen MR) is 397 cm³/mol. The molecule has 2 aliphatic heterocycles. The Morgan fingerprint density at radius 1 is 0.558 bits per heavy atom. The summed E-state index contributed by atoms with van der Waals surface area (Å²) in [5.74, 6) is -10.5. The quantitative estimate of drug-likeness (QED) is 0.0961. The third-order valence-electron chi connectivity index (χ3n) is 19.5. The molecule has 2 unspecified atom stereocenters. The number of benzene rings is 2. The van der Waals surface area contributed by atoms with Crippen LogP contribution < -0.4 is 21.3 Å². The summed E-state index contributed by atoms with van der Waals surface area (Å²) in [5.41, 5.74) is 1.16. The second-order valence-corrected chi connectivity index (χ2v) is 30.4. The van der Waals surface area contributed by atoms with Crippen molar-refractivity contribution in [2.45, 2.75) is 233 Å². The molecule has 0 saturated carbocycles. The molecular weight excluding hydrogens is 1360 g/mol. The highest BCUT2D eigenvalue weighted by Gasteiger charge is 2.44. The molecule has 6 N–H and O–H groups in total. The monoisotopic (exact) mass is 1480 g/mol. The summed E-state index contributed by atoms with van der Waals surface area (Å²) >= 11 is 6.54. The second-order valence-electron chi connectivity index (χ2n) is 30.0. The molecule has 4 rings (SSSR count). The number of carbonyl (C=O) groups is 12. The number of carbonyl (C=O) groups excluding carboxylic acids is 12. The molecule has 0 radical (unpaired) electrons. The topological polar surface area (TPSA) is 329 Å². The van der Waals surface area contributed by atoms with E-state index in [1.54, 1.807) is 80.3 Å². The maximum atomic E-state index is 15.6. The van der Waals surface area contributed by atoms with Crippen LogP contribution in [0.5, 0.6) is 0 Å². The predicted octanol–water partition coefficient (Wildman–Crippen LogP) is 4.05. The number of halogens is 1. The number of hydrogen-bond acceptors (Lipinski definition) is 15. The number of likely N-dealkylation sites (N-methyl/N-ethyl adjacent to an activating group) is 6. The number of hydrogen-bond donors (Lipinski definition) is 6. The number of aliphatic hydroxyl groups excluding tert-OH is 2. The van der Waals surface area contributed by atoms with Crippen LogP contribution in [0.4, 0.5) is 0 Å². The molecular formula is C76H121ClN12O15. The first-order valence-electron chi connectivity index (χ1n) is 36.9. The van der Waals surface area contributed by atoms with E-state index in [1.807, 2.05) is 48.5 Å². The Kier molecular flexibility index (Phi) is 36.1. The fourth-order valence-corrected chi connectivity index (χ4v) is 13.3. The van der Waals surface area contributed by atoms with Crippen molar-refractivity contribution in [2.75, 3.05) is 81.7 Å². The van der Waals surface area contributed by atoms with Crippen molar-refractivity contribution < 1.29 is 72.5 Å². The van der Waals surface area contributed by atoms with Crippen molar-refractivity contribution in [2.24, 2.45) is 23.7 Å². The molecule has 2 aromatic carbocycles. The van der Waals surface area contributed by atoms with Crippen LogP contribution in [0.3, 0.4) is 0 Å². The molecule has 582 valence electrons. The van der Waals surface area contributed by atoms with Crippen LogP contribution in [0.1, 0.15) is 158 Å². The molecule has 12 amide bonds. The van der Waals surface area contributed by atoms with Crippen LogP contribution in [-0.2, 0) is 75.1 Å². The summed E-state index contributed by atoms with van der Waals surface area (Å²) < 4.78 is 5.92. The Hall–Kier alpha value is -7.75. The normalized spacial score (nSPS) is 24.9. The van der Waals surface area contributed by atoms with Crippen molar-refractivity contribution in [3.05, 3.63) is 70.7 Å². The molecule has 0 aliphatic carbocycles. The SMILES string of the molecule is CCCCN1CC(=O)N(C)[C@@H](CC(C)C)C(=O)N[C@H](C(=O)N2CCCCC2)CC(=O)N(C)[C@@H](C)C(=O)N[C@@H](COCC[C@@H](C)O)C(=O)N(C)[C@@H](CC(C)C)C(=O)N(C)[C@@H](Cc2cccc(Cl)c2)C(=O)NC(CC(C)C)C(=O)N(C)[C@@H](Cc2ccccc2)C(=O)N(C)[C@@H](C(C)C)C(=O)NC([C@@H](C)O)C1=O. The van der Waals surface area contributed by atoms with Crippen LogP contribution in [0.2, 0.25) is 5.02 Å². The lowest BCUT2D eigenvalue weighted by atomic mass is 9.96. The van der Waals surface area contributed by atoms with Crippen LogP contribution in [0, 0.1) is 23.7 Å². The van der Waals surface area contributed by atoms with Gasteiger partial charge in [0.05, 0.1) is 31.8 Å². The van der Waals surface area contributed by atoms with E-state index in [9.17, 15) is 34.2 Å². The van der Waals surface area contributed by atoms with Gasteiger partial charge >= 0.3 is 0 Å². The minimum Gasteiger partial charge on any atom is -0.393 e. The maximum Gasteiger partial charge on any atom is 0.248 e. The Bertz CT molecular complexity index is 3200. The first-order valence-corrected chi connectivity index (χ1v) is 37.3. The zero-order chi connectivity index (χ0) is 78.1. The Morgan fingerprint density at radius 2 is 1.10 bits per heavy atom. The summed E-state index contributed by atoms with van der Waals surface area (Å²) in [6, 6.07) is 1.42. The first kappa shape index (κ1) is 88.6. The Labute approximate surface area is 621 Å². The molecule has 0 spiro atoms. The number of rotatable bonds is 21. The van der Waals surface area contributed by atoms with Crippen molar-refractivity contribution >= 4 is 82.5 Å². The van der Waals surface area contributed by atoms with E-state index in [0.29, 0.717) is 54.9 Å². The van der Waals surface area contributed by atoms with E-state index in [0.717, 1.165) is 16.2 Å². The van der Waals surface area contributed by atoms with Crippen molar-refractivity contribution in [3.63, 3.8) is 0 Å². The molecule has 104 heavy (non-hydrogen) atoms. The molecule has 2 heterocycles. The number of nitrogens with zero attached hydrogens (tertiary/aromatic N) is 8. The van der Waals surface area contributed by atoms with Crippen molar-refractivity contribution in [3.8, 4) is 0 Å². The summed E-state index contributed by atoms with van der Waals surface area (Å²) in [6.07, 6.45) is 0.126. The molecule has 2 fully saturated rings. The summed E-state index contributed by atoms with van der Waals surface area (Å²) in [5, 5.41) is 33.1. The number of likely N-dealkylation sites (tertiary alicyclic amines) is 1. The van der Waals surface area contributed by atoms with E-state index < -0.39 is 169 Å². The lowest BCUT2D eigenvalue weighted by molar-refractivity contribution is -0.152. The molecule has 2 saturated heterocycles. The summed E-state index contributed by atoms with van der Waals surface area (Å²) in [7, 11) is 8.32. The van der Waals surface area contributed by atoms with Crippen LogP contribution in [0.15, 0.2) is 54.6 Å². The number of piperidine rings is 1. The molecule has 2 aromatic rings. The molecule has 2 aliphatic rings. The lowest BCUT2D eigenvalue weighted by Crippen LogP contribution is -2.63. The van der Waals surface area contributed by atoms with Gasteiger partial charge in [-0.2, -0.15) is 0 Å². The van der Waals surface area contributed by atoms with Crippen molar-refractivity contribution in [1.82, 2.24) is 60.5 Å². The zero-order valence-electron chi connectivity index (χ0n) is 64.8. The van der Waals surface area contributed by atoms with Crippen molar-refractivity contribution in [1.29, 1.82) is 0 Å². The average Bonchev–Trinajstić information content (AvgIpc) is 0.634. The molecule has 28 heteroatoms. The van der Waals surface area contributed by atoms with Gasteiger partial charge in [0.25, 0.3) is 0 Å². The van der Waals surface area contributed by atoms with E-state index in [-0.39, 0.29) is 69.4 Å². The summed E-state index contributed by atoms with van der Waals surface area (Å²) in [6.45, 7) is 20.0. The van der Waals surface area contributed by atoms with E-state index >= 15 is 33.6 Å². The number of aliphatic hydroxyl groups is 2. The standard InChI is InChI=1S/C76H121ClN12O15/c1-19-20-33-89-44-64(93)83(14)59(38-47(4)5)68(95)79-57(73(100)88-34-25-22-26-35-88)43-63(92)82(13)51(11)67(94)80-58(45-104-36-32-50(10)90)72(99)85(16)61(39-48(6)7)74(101)84(15)60(42-54-30-27-31-55(77)40-54)69(96)78-56(37-46(2)3)71(98)86(17)62(41-53-28-23-21-24-29-53)75(102)87(18)66(49(8)9)70(97)81-65(52(12)91)76(89)103/h21,23-24,27-31,40,46-52,56-62,65-66,90-91H,19-20,22,25-26,32-39,41-45H2,1-18H3,(H,78,96)(H,79,95)(H,80,94)(H,81,97)/t50-,51+,52-,56?,57+,58+,59+,60+,61+,62+,65?,66+/m1/s1. The molecule has 12 atom stereocenters. The third kappa shape index (κ3) is 26.1. The van der Waals surface area contributed by atoms with Gasteiger partial charge in [-0.05, 0) is 119 Å². The zero-order valence-corrected chi connectivity index (χ0v) is 65.6. The Morgan fingerprint density at radius 3 is 1.66 bits per heavy atom. The largest absolute Gasteiger partial charge is 0.393 e. The number of amides is 12. The highest BCUT2D eigenvalue weighted by Crippen LogP contribution is 2.25. The number of nitrogens with one attached hydrogen (secondary N) is 4. The van der Waals surface area contributed by atoms with Gasteiger partial charge in [0.15, 0.2) is 0 Å². The van der Waals surface area contributed by atoms with Gasteiger partial charge in [-0.15, -0.1) is 0 Å². The van der Waals surface area contributed by atoms with Crippen LogP contribution >= 0.6 is 11.6 Å². The van der Waals surface area contributed by atoms with Gasteiger partial charge in [0, 0.05) is 86.4 Å². The number of ether oxygens (including phenoxy) is 1. The average molecular weight is 1480 g/mol. The van der Waals surface area contributed by atoms with E-state index in [2.05, 4.69) is 21.3 Å². The highest BCUT2D eigenvalue weighted by molar-refractivity contribution is 6.30. The fourth-order valence-electron chi connectivity index (χ4n) is 13.0. The van der Waals surface area contributed by atoms with Crippen LogP contribution in [-0.4, -0.2) is 275 Å².